The van der Waals surface area contributed by atoms with Gasteiger partial charge in [-0.05, 0) is 31.0 Å². The Morgan fingerprint density at radius 2 is 1.95 bits per heavy atom. The van der Waals surface area contributed by atoms with Gasteiger partial charge in [-0.3, -0.25) is 10.3 Å². The van der Waals surface area contributed by atoms with Crippen molar-refractivity contribution in [3.8, 4) is 0 Å². The lowest BCUT2D eigenvalue weighted by molar-refractivity contribution is 0.155. The first-order valence-electron chi connectivity index (χ1n) is 6.05. The van der Waals surface area contributed by atoms with Crippen LogP contribution in [0, 0.1) is 13.8 Å². The molecule has 0 atom stereocenters. The van der Waals surface area contributed by atoms with Crippen LogP contribution < -0.4 is 5.32 Å². The second-order valence-electron chi connectivity index (χ2n) is 4.33. The number of carbonyl (C=O) groups is 1. The van der Waals surface area contributed by atoms with Crippen LogP contribution in [0.3, 0.4) is 0 Å². The molecule has 0 fully saturated rings. The average Bonchev–Trinajstić information content (AvgIpc) is 2.42. The Kier molecular flexibility index (Phi) is 4.13. The van der Waals surface area contributed by atoms with Crippen molar-refractivity contribution in [2.24, 2.45) is 0 Å². The van der Waals surface area contributed by atoms with E-state index in [2.05, 4.69) is 10.3 Å². The van der Waals surface area contributed by atoms with Crippen LogP contribution in [0.15, 0.2) is 42.7 Å². The SMILES string of the molecule is Cc1cccc(C)c1NC(=O)OCc1cccnc1. The predicted molar refractivity (Wildman–Crippen MR) is 74.0 cm³/mol. The van der Waals surface area contributed by atoms with Crippen molar-refractivity contribution < 1.29 is 9.53 Å². The number of amides is 1. The molecule has 19 heavy (non-hydrogen) atoms. The minimum absolute atomic E-state index is 0.213. The first kappa shape index (κ1) is 13.1. The molecule has 0 saturated carbocycles. The summed E-state index contributed by atoms with van der Waals surface area (Å²) < 4.78 is 5.15. The highest BCUT2D eigenvalue weighted by Crippen LogP contribution is 2.19. The van der Waals surface area contributed by atoms with Crippen LogP contribution in [-0.2, 0) is 11.3 Å². The van der Waals surface area contributed by atoms with E-state index in [-0.39, 0.29) is 6.61 Å². The van der Waals surface area contributed by atoms with E-state index in [9.17, 15) is 4.79 Å². The predicted octanol–water partition coefficient (Wildman–Crippen LogP) is 3.45. The summed E-state index contributed by atoms with van der Waals surface area (Å²) >= 11 is 0. The maximum Gasteiger partial charge on any atom is 0.411 e. The van der Waals surface area contributed by atoms with Gasteiger partial charge in [0.25, 0.3) is 0 Å². The van der Waals surface area contributed by atoms with Gasteiger partial charge >= 0.3 is 6.09 Å². The smallest absolute Gasteiger partial charge is 0.411 e. The summed E-state index contributed by atoms with van der Waals surface area (Å²) in [4.78, 5) is 15.7. The van der Waals surface area contributed by atoms with Crippen molar-refractivity contribution in [1.29, 1.82) is 0 Å². The molecule has 0 unspecified atom stereocenters. The molecule has 1 amide bonds. The third-order valence-electron chi connectivity index (χ3n) is 2.80. The fourth-order valence-electron chi connectivity index (χ4n) is 1.78. The minimum atomic E-state index is -0.457. The van der Waals surface area contributed by atoms with Crippen molar-refractivity contribution >= 4 is 11.8 Å². The quantitative estimate of drug-likeness (QED) is 0.915. The van der Waals surface area contributed by atoms with Crippen molar-refractivity contribution in [2.75, 3.05) is 5.32 Å². The van der Waals surface area contributed by atoms with Crippen LogP contribution in [0.4, 0.5) is 10.5 Å². The average molecular weight is 256 g/mol. The van der Waals surface area contributed by atoms with E-state index < -0.39 is 6.09 Å². The fraction of sp³-hybridized carbons (Fsp3) is 0.200. The molecule has 0 aliphatic heterocycles. The largest absolute Gasteiger partial charge is 0.444 e. The number of anilines is 1. The lowest BCUT2D eigenvalue weighted by Crippen LogP contribution is -2.15. The van der Waals surface area contributed by atoms with Gasteiger partial charge in [-0.25, -0.2) is 4.79 Å². The summed E-state index contributed by atoms with van der Waals surface area (Å²) in [5.74, 6) is 0. The highest BCUT2D eigenvalue weighted by Gasteiger charge is 2.08. The van der Waals surface area contributed by atoms with Gasteiger partial charge in [-0.1, -0.05) is 24.3 Å². The van der Waals surface area contributed by atoms with Crippen LogP contribution >= 0.6 is 0 Å². The molecule has 2 aromatic rings. The van der Waals surface area contributed by atoms with Crippen LogP contribution in [0.1, 0.15) is 16.7 Å². The van der Waals surface area contributed by atoms with E-state index in [0.29, 0.717) is 0 Å². The number of para-hydroxylation sites is 1. The van der Waals surface area contributed by atoms with Crippen LogP contribution in [0.2, 0.25) is 0 Å². The Hall–Kier alpha value is -2.36. The number of aryl methyl sites for hydroxylation is 2. The van der Waals surface area contributed by atoms with Gasteiger partial charge in [0, 0.05) is 23.6 Å². The number of pyridine rings is 1. The first-order chi connectivity index (χ1) is 9.16. The number of ether oxygens (including phenoxy) is 1. The molecule has 0 aliphatic rings. The number of carbonyl (C=O) groups excluding carboxylic acids is 1. The molecule has 0 bridgehead atoms. The second-order valence-corrected chi connectivity index (χ2v) is 4.33. The van der Waals surface area contributed by atoms with Crippen molar-refractivity contribution in [1.82, 2.24) is 4.98 Å². The van der Waals surface area contributed by atoms with Crippen LogP contribution in [0.25, 0.3) is 0 Å². The maximum atomic E-state index is 11.7. The molecule has 4 nitrogen and oxygen atoms in total. The van der Waals surface area contributed by atoms with Crippen molar-refractivity contribution in [3.63, 3.8) is 0 Å². The van der Waals surface area contributed by atoms with E-state index in [0.717, 1.165) is 22.4 Å². The number of nitrogens with one attached hydrogen (secondary N) is 1. The zero-order chi connectivity index (χ0) is 13.7. The van der Waals surface area contributed by atoms with Gasteiger partial charge in [0.2, 0.25) is 0 Å². The van der Waals surface area contributed by atoms with Gasteiger partial charge in [0.1, 0.15) is 6.61 Å². The molecular formula is C15H16N2O2. The molecule has 2 rings (SSSR count). The molecule has 1 heterocycles. The lowest BCUT2D eigenvalue weighted by atomic mass is 10.1. The number of rotatable bonds is 3. The van der Waals surface area contributed by atoms with E-state index >= 15 is 0 Å². The summed E-state index contributed by atoms with van der Waals surface area (Å²) in [6.07, 6.45) is 2.90. The fourth-order valence-corrected chi connectivity index (χ4v) is 1.78. The number of benzene rings is 1. The first-order valence-corrected chi connectivity index (χ1v) is 6.05. The Bertz CT molecular complexity index is 547. The minimum Gasteiger partial charge on any atom is -0.444 e. The molecular weight excluding hydrogens is 240 g/mol. The van der Waals surface area contributed by atoms with Crippen LogP contribution in [-0.4, -0.2) is 11.1 Å². The normalized spacial score (nSPS) is 10.0. The molecule has 1 aromatic heterocycles. The van der Waals surface area contributed by atoms with E-state index in [1.807, 2.05) is 44.2 Å². The molecule has 4 heteroatoms. The maximum absolute atomic E-state index is 11.7. The van der Waals surface area contributed by atoms with Crippen LogP contribution in [0.5, 0.6) is 0 Å². The van der Waals surface area contributed by atoms with Gasteiger partial charge in [-0.15, -0.1) is 0 Å². The number of hydrogen-bond acceptors (Lipinski definition) is 3. The van der Waals surface area contributed by atoms with Crippen molar-refractivity contribution in [2.45, 2.75) is 20.5 Å². The molecule has 1 N–H and O–H groups in total. The monoisotopic (exact) mass is 256 g/mol. The second kappa shape index (κ2) is 6.00. The standard InChI is InChI=1S/C15H16N2O2/c1-11-5-3-6-12(2)14(11)17-15(18)19-10-13-7-4-8-16-9-13/h3-9H,10H2,1-2H3,(H,17,18). The third-order valence-corrected chi connectivity index (χ3v) is 2.80. The summed E-state index contributed by atoms with van der Waals surface area (Å²) in [6, 6.07) is 9.52. The summed E-state index contributed by atoms with van der Waals surface area (Å²) in [5, 5.41) is 2.77. The highest BCUT2D eigenvalue weighted by molar-refractivity contribution is 5.86. The third kappa shape index (κ3) is 3.55. The highest BCUT2D eigenvalue weighted by atomic mass is 16.5. The van der Waals surface area contributed by atoms with Gasteiger partial charge in [0.05, 0.1) is 0 Å². The zero-order valence-electron chi connectivity index (χ0n) is 11.0. The summed E-state index contributed by atoms with van der Waals surface area (Å²) in [7, 11) is 0. The number of hydrogen-bond donors (Lipinski definition) is 1. The Morgan fingerprint density at radius 3 is 2.58 bits per heavy atom. The molecule has 0 radical (unpaired) electrons. The molecule has 98 valence electrons. The topological polar surface area (TPSA) is 51.2 Å². The van der Waals surface area contributed by atoms with Crippen molar-refractivity contribution in [3.05, 3.63) is 59.4 Å². The molecule has 0 aliphatic carbocycles. The molecule has 0 spiro atoms. The summed E-state index contributed by atoms with van der Waals surface area (Å²) in [6.45, 7) is 4.11. The van der Waals surface area contributed by atoms with Gasteiger partial charge < -0.3 is 4.74 Å². The Morgan fingerprint density at radius 1 is 1.21 bits per heavy atom. The van der Waals surface area contributed by atoms with E-state index in [4.69, 9.17) is 4.74 Å². The zero-order valence-corrected chi connectivity index (χ0v) is 11.0. The Balaban J connectivity index is 1.95. The van der Waals surface area contributed by atoms with E-state index in [1.165, 1.54) is 0 Å². The lowest BCUT2D eigenvalue weighted by Gasteiger charge is -2.11. The van der Waals surface area contributed by atoms with Gasteiger partial charge in [-0.2, -0.15) is 0 Å². The summed E-state index contributed by atoms with van der Waals surface area (Å²) in [5.41, 5.74) is 3.69. The Labute approximate surface area is 112 Å². The van der Waals surface area contributed by atoms with Gasteiger partial charge in [0.15, 0.2) is 0 Å². The molecule has 1 aromatic carbocycles. The number of nitrogens with zero attached hydrogens (tertiary/aromatic N) is 1. The molecule has 0 saturated heterocycles. The number of aromatic nitrogens is 1. The van der Waals surface area contributed by atoms with E-state index in [1.54, 1.807) is 12.4 Å².